The van der Waals surface area contributed by atoms with E-state index in [-0.39, 0.29) is 0 Å². The molecule has 0 radical (unpaired) electrons. The topological polar surface area (TPSA) is 52.0 Å². The fraction of sp³-hybridized carbons (Fsp3) is 0.818. The van der Waals surface area contributed by atoms with Gasteiger partial charge in [0.1, 0.15) is 0 Å². The van der Waals surface area contributed by atoms with Gasteiger partial charge in [0.2, 0.25) is 0 Å². The molecule has 1 aromatic rings. The number of hydrogen-bond donors (Lipinski definition) is 1. The molecule has 0 bridgehead atoms. The molecular formula is C11H20N4O. The summed E-state index contributed by atoms with van der Waals surface area (Å²) in [6, 6.07) is 0. The lowest BCUT2D eigenvalue weighted by Gasteiger charge is -2.02. The van der Waals surface area contributed by atoms with Crippen LogP contribution in [0.4, 0.5) is 0 Å². The van der Waals surface area contributed by atoms with E-state index >= 15 is 0 Å². The standard InChI is InChI=1S/C11H20N4O/c1-12-8-11-9-15(14-13-11)5-7-16-6-4-10-2-3-10/h9-10,12H,2-8H2,1H3. The van der Waals surface area contributed by atoms with Gasteiger partial charge in [-0.3, -0.25) is 0 Å². The molecule has 0 atom stereocenters. The third kappa shape index (κ3) is 3.90. The monoisotopic (exact) mass is 224 g/mol. The fourth-order valence-electron chi connectivity index (χ4n) is 1.63. The minimum Gasteiger partial charge on any atom is -0.380 e. The van der Waals surface area contributed by atoms with Crippen molar-refractivity contribution >= 4 is 0 Å². The summed E-state index contributed by atoms with van der Waals surface area (Å²) >= 11 is 0. The van der Waals surface area contributed by atoms with Crippen LogP contribution in [0.15, 0.2) is 6.20 Å². The number of rotatable bonds is 8. The number of nitrogens with one attached hydrogen (secondary N) is 1. The lowest BCUT2D eigenvalue weighted by molar-refractivity contribution is 0.118. The summed E-state index contributed by atoms with van der Waals surface area (Å²) in [4.78, 5) is 0. The lowest BCUT2D eigenvalue weighted by atomic mass is 10.3. The van der Waals surface area contributed by atoms with Gasteiger partial charge in [-0.15, -0.1) is 5.10 Å². The molecular weight excluding hydrogens is 204 g/mol. The van der Waals surface area contributed by atoms with Crippen LogP contribution in [0.2, 0.25) is 0 Å². The van der Waals surface area contributed by atoms with Gasteiger partial charge in [0.05, 0.1) is 18.8 Å². The third-order valence-corrected chi connectivity index (χ3v) is 2.78. The van der Waals surface area contributed by atoms with Crippen molar-refractivity contribution in [1.29, 1.82) is 0 Å². The van der Waals surface area contributed by atoms with E-state index in [4.69, 9.17) is 4.74 Å². The predicted molar refractivity (Wildman–Crippen MR) is 60.9 cm³/mol. The second-order valence-electron chi connectivity index (χ2n) is 4.35. The van der Waals surface area contributed by atoms with Crippen LogP contribution in [0.1, 0.15) is 25.0 Å². The lowest BCUT2D eigenvalue weighted by Crippen LogP contribution is -2.08. The van der Waals surface area contributed by atoms with Crippen LogP contribution in [0.3, 0.4) is 0 Å². The molecule has 5 heteroatoms. The molecule has 0 saturated heterocycles. The van der Waals surface area contributed by atoms with E-state index in [2.05, 4.69) is 15.6 Å². The quantitative estimate of drug-likeness (QED) is 0.664. The molecule has 1 aromatic heterocycles. The summed E-state index contributed by atoms with van der Waals surface area (Å²) in [5.41, 5.74) is 0.973. The molecule has 1 heterocycles. The van der Waals surface area contributed by atoms with Crippen molar-refractivity contribution in [2.45, 2.75) is 32.4 Å². The zero-order chi connectivity index (χ0) is 11.2. The first kappa shape index (κ1) is 11.5. The molecule has 1 fully saturated rings. The predicted octanol–water partition coefficient (Wildman–Crippen LogP) is 0.814. The van der Waals surface area contributed by atoms with Crippen molar-refractivity contribution in [3.63, 3.8) is 0 Å². The average molecular weight is 224 g/mol. The number of aromatic nitrogens is 3. The van der Waals surface area contributed by atoms with Gasteiger partial charge in [-0.1, -0.05) is 18.1 Å². The van der Waals surface area contributed by atoms with Crippen LogP contribution in [-0.2, 0) is 17.8 Å². The molecule has 1 aliphatic rings. The molecule has 90 valence electrons. The van der Waals surface area contributed by atoms with E-state index in [0.717, 1.165) is 37.9 Å². The largest absolute Gasteiger partial charge is 0.380 e. The van der Waals surface area contributed by atoms with Crippen molar-refractivity contribution in [2.24, 2.45) is 5.92 Å². The highest BCUT2D eigenvalue weighted by molar-refractivity contribution is 4.90. The van der Waals surface area contributed by atoms with Gasteiger partial charge in [0.15, 0.2) is 0 Å². The Balaban J connectivity index is 1.56. The molecule has 1 aliphatic carbocycles. The minimum absolute atomic E-state index is 0.731. The Morgan fingerprint density at radius 2 is 2.38 bits per heavy atom. The van der Waals surface area contributed by atoms with Crippen molar-refractivity contribution < 1.29 is 4.74 Å². The number of nitrogens with zero attached hydrogens (tertiary/aromatic N) is 3. The van der Waals surface area contributed by atoms with Crippen LogP contribution >= 0.6 is 0 Å². The molecule has 1 saturated carbocycles. The Morgan fingerprint density at radius 3 is 3.12 bits per heavy atom. The van der Waals surface area contributed by atoms with Crippen molar-refractivity contribution in [3.05, 3.63) is 11.9 Å². The number of hydrogen-bond acceptors (Lipinski definition) is 4. The molecule has 5 nitrogen and oxygen atoms in total. The van der Waals surface area contributed by atoms with E-state index < -0.39 is 0 Å². The first-order valence-electron chi connectivity index (χ1n) is 6.00. The Kier molecular flexibility index (Phi) is 4.30. The first-order valence-corrected chi connectivity index (χ1v) is 6.00. The van der Waals surface area contributed by atoms with E-state index in [9.17, 15) is 0 Å². The average Bonchev–Trinajstić information content (AvgIpc) is 2.99. The van der Waals surface area contributed by atoms with Crippen molar-refractivity contribution in [3.8, 4) is 0 Å². The minimum atomic E-state index is 0.731. The van der Waals surface area contributed by atoms with Gasteiger partial charge < -0.3 is 10.1 Å². The summed E-state index contributed by atoms with van der Waals surface area (Å²) < 4.78 is 7.39. The second-order valence-corrected chi connectivity index (χ2v) is 4.35. The van der Waals surface area contributed by atoms with E-state index in [1.165, 1.54) is 19.3 Å². The molecule has 2 rings (SSSR count). The fourth-order valence-corrected chi connectivity index (χ4v) is 1.63. The zero-order valence-corrected chi connectivity index (χ0v) is 9.85. The Morgan fingerprint density at radius 1 is 1.50 bits per heavy atom. The highest BCUT2D eigenvalue weighted by Gasteiger charge is 2.20. The maximum absolute atomic E-state index is 5.55. The highest BCUT2D eigenvalue weighted by Crippen LogP contribution is 2.31. The summed E-state index contributed by atoms with van der Waals surface area (Å²) in [6.45, 7) is 3.18. The summed E-state index contributed by atoms with van der Waals surface area (Å²) in [7, 11) is 1.90. The van der Waals surface area contributed by atoms with Crippen LogP contribution < -0.4 is 5.32 Å². The molecule has 0 amide bonds. The van der Waals surface area contributed by atoms with E-state index in [1.54, 1.807) is 0 Å². The van der Waals surface area contributed by atoms with Crippen LogP contribution in [-0.4, -0.2) is 35.3 Å². The molecule has 0 aliphatic heterocycles. The molecule has 0 spiro atoms. The highest BCUT2D eigenvalue weighted by atomic mass is 16.5. The van der Waals surface area contributed by atoms with Gasteiger partial charge in [0, 0.05) is 19.3 Å². The Labute approximate surface area is 96.2 Å². The van der Waals surface area contributed by atoms with E-state index in [0.29, 0.717) is 0 Å². The van der Waals surface area contributed by atoms with Crippen LogP contribution in [0.25, 0.3) is 0 Å². The third-order valence-electron chi connectivity index (χ3n) is 2.78. The summed E-state index contributed by atoms with van der Waals surface area (Å²) in [6.07, 6.45) is 5.99. The molecule has 0 unspecified atom stereocenters. The maximum atomic E-state index is 5.55. The molecule has 0 aromatic carbocycles. The molecule has 16 heavy (non-hydrogen) atoms. The first-order chi connectivity index (χ1) is 7.88. The summed E-state index contributed by atoms with van der Waals surface area (Å²) in [5.74, 6) is 0.952. The zero-order valence-electron chi connectivity index (χ0n) is 9.85. The Hall–Kier alpha value is -0.940. The smallest absolute Gasteiger partial charge is 0.0964 e. The van der Waals surface area contributed by atoms with E-state index in [1.807, 2.05) is 17.9 Å². The number of ether oxygens (including phenoxy) is 1. The van der Waals surface area contributed by atoms with Gasteiger partial charge in [-0.25, -0.2) is 4.68 Å². The summed E-state index contributed by atoms with van der Waals surface area (Å²) in [5, 5.41) is 11.1. The second kappa shape index (κ2) is 5.96. The van der Waals surface area contributed by atoms with Gasteiger partial charge in [0.25, 0.3) is 0 Å². The van der Waals surface area contributed by atoms with Crippen molar-refractivity contribution in [2.75, 3.05) is 20.3 Å². The van der Waals surface area contributed by atoms with Crippen LogP contribution in [0, 0.1) is 5.92 Å². The normalized spacial score (nSPS) is 15.6. The Bertz CT molecular complexity index is 309. The SMILES string of the molecule is CNCc1cn(CCOCCC2CC2)nn1. The molecule has 1 N–H and O–H groups in total. The maximum Gasteiger partial charge on any atom is 0.0964 e. The van der Waals surface area contributed by atoms with Crippen molar-refractivity contribution in [1.82, 2.24) is 20.3 Å². The van der Waals surface area contributed by atoms with Gasteiger partial charge in [-0.05, 0) is 19.4 Å². The van der Waals surface area contributed by atoms with Gasteiger partial charge in [-0.2, -0.15) is 0 Å². The van der Waals surface area contributed by atoms with Gasteiger partial charge >= 0.3 is 0 Å². The van der Waals surface area contributed by atoms with Crippen LogP contribution in [0.5, 0.6) is 0 Å².